The van der Waals surface area contributed by atoms with Gasteiger partial charge in [-0.3, -0.25) is 4.90 Å². The van der Waals surface area contributed by atoms with Gasteiger partial charge in [-0.15, -0.1) is 0 Å². The van der Waals surface area contributed by atoms with Crippen LogP contribution < -0.4 is 5.73 Å². The lowest BCUT2D eigenvalue weighted by Gasteiger charge is -2.38. The normalized spacial score (nSPS) is 18.8. The van der Waals surface area contributed by atoms with E-state index in [-0.39, 0.29) is 5.54 Å². The fraction of sp³-hybridized carbons (Fsp3) is 0.571. The molecule has 0 aliphatic heterocycles. The maximum atomic E-state index is 6.00. The summed E-state index contributed by atoms with van der Waals surface area (Å²) in [7, 11) is 2.21. The van der Waals surface area contributed by atoms with Crippen molar-refractivity contribution in [1.82, 2.24) is 4.90 Å². The number of benzene rings is 1. The molecular weight excluding hydrogens is 276 g/mol. The highest BCUT2D eigenvalue weighted by Gasteiger charge is 2.36. The van der Waals surface area contributed by atoms with E-state index in [9.17, 15) is 0 Å². The monoisotopic (exact) mass is 296 g/mol. The number of nitrogens with zero attached hydrogens (tertiary/aromatic N) is 1. The lowest BCUT2D eigenvalue weighted by Crippen LogP contribution is -2.49. The van der Waals surface area contributed by atoms with Crippen LogP contribution in [0.1, 0.15) is 31.2 Å². The van der Waals surface area contributed by atoms with Crippen molar-refractivity contribution >= 4 is 15.9 Å². The van der Waals surface area contributed by atoms with Gasteiger partial charge in [0.1, 0.15) is 0 Å². The van der Waals surface area contributed by atoms with Gasteiger partial charge in [0.05, 0.1) is 0 Å². The second-order valence-corrected chi connectivity index (χ2v) is 6.04. The van der Waals surface area contributed by atoms with Crippen molar-refractivity contribution < 1.29 is 0 Å². The Labute approximate surface area is 112 Å². The Kier molecular flexibility index (Phi) is 4.23. The first-order valence-corrected chi connectivity index (χ1v) is 7.11. The molecule has 1 aromatic rings. The second-order valence-electron chi connectivity index (χ2n) is 5.12. The quantitative estimate of drug-likeness (QED) is 0.925. The zero-order valence-electron chi connectivity index (χ0n) is 10.5. The van der Waals surface area contributed by atoms with Crippen LogP contribution in [-0.4, -0.2) is 24.0 Å². The van der Waals surface area contributed by atoms with Gasteiger partial charge in [0.15, 0.2) is 0 Å². The lowest BCUT2D eigenvalue weighted by molar-refractivity contribution is 0.124. The molecule has 0 atom stereocenters. The topological polar surface area (TPSA) is 29.3 Å². The molecule has 0 saturated heterocycles. The van der Waals surface area contributed by atoms with Crippen LogP contribution in [0.25, 0.3) is 0 Å². The third kappa shape index (κ3) is 2.90. The Bertz CT molecular complexity index is 372. The molecular formula is C14H21BrN2. The van der Waals surface area contributed by atoms with Crippen LogP contribution in [0.15, 0.2) is 28.7 Å². The van der Waals surface area contributed by atoms with Gasteiger partial charge in [0, 0.05) is 23.1 Å². The molecule has 0 amide bonds. The number of nitrogens with two attached hydrogens (primary N) is 1. The zero-order valence-corrected chi connectivity index (χ0v) is 12.0. The van der Waals surface area contributed by atoms with Crippen molar-refractivity contribution in [3.63, 3.8) is 0 Å². The Balaban J connectivity index is 2.07. The average molecular weight is 297 g/mol. The third-order valence-electron chi connectivity index (χ3n) is 4.03. The Morgan fingerprint density at radius 1 is 1.35 bits per heavy atom. The van der Waals surface area contributed by atoms with E-state index in [1.165, 1.54) is 31.2 Å². The lowest BCUT2D eigenvalue weighted by atomic mass is 9.95. The molecule has 0 aromatic heterocycles. The molecule has 3 heteroatoms. The summed E-state index contributed by atoms with van der Waals surface area (Å²) >= 11 is 3.52. The molecule has 1 saturated carbocycles. The third-order valence-corrected chi connectivity index (χ3v) is 4.53. The van der Waals surface area contributed by atoms with E-state index < -0.39 is 0 Å². The van der Waals surface area contributed by atoms with Crippen LogP contribution in [0, 0.1) is 0 Å². The van der Waals surface area contributed by atoms with E-state index in [1.54, 1.807) is 0 Å². The summed E-state index contributed by atoms with van der Waals surface area (Å²) in [6.45, 7) is 1.76. The maximum absolute atomic E-state index is 6.00. The first-order valence-electron chi connectivity index (χ1n) is 6.32. The SMILES string of the molecule is CN(Cc1cccc(Br)c1)C1(CN)CCCC1. The van der Waals surface area contributed by atoms with Gasteiger partial charge in [-0.25, -0.2) is 0 Å². The van der Waals surface area contributed by atoms with Crippen molar-refractivity contribution in [2.45, 2.75) is 37.8 Å². The van der Waals surface area contributed by atoms with Gasteiger partial charge in [0.2, 0.25) is 0 Å². The minimum atomic E-state index is 0.238. The largest absolute Gasteiger partial charge is 0.329 e. The summed E-state index contributed by atoms with van der Waals surface area (Å²) in [4.78, 5) is 2.45. The predicted octanol–water partition coefficient (Wildman–Crippen LogP) is 3.15. The molecule has 1 aliphatic rings. The van der Waals surface area contributed by atoms with Crippen LogP contribution in [0.5, 0.6) is 0 Å². The first kappa shape index (κ1) is 13.1. The van der Waals surface area contributed by atoms with E-state index in [0.29, 0.717) is 0 Å². The van der Waals surface area contributed by atoms with Crippen LogP contribution >= 0.6 is 15.9 Å². The average Bonchev–Trinajstić information content (AvgIpc) is 2.78. The van der Waals surface area contributed by atoms with E-state index >= 15 is 0 Å². The van der Waals surface area contributed by atoms with E-state index in [0.717, 1.165) is 17.6 Å². The first-order chi connectivity index (χ1) is 8.16. The summed E-state index contributed by atoms with van der Waals surface area (Å²) in [5.41, 5.74) is 7.59. The highest BCUT2D eigenvalue weighted by Crippen LogP contribution is 2.34. The number of halogens is 1. The van der Waals surface area contributed by atoms with Crippen LogP contribution in [-0.2, 0) is 6.54 Å². The van der Waals surface area contributed by atoms with Crippen molar-refractivity contribution in [2.24, 2.45) is 5.73 Å². The number of rotatable bonds is 4. The van der Waals surface area contributed by atoms with Crippen molar-refractivity contribution in [1.29, 1.82) is 0 Å². The minimum Gasteiger partial charge on any atom is -0.329 e. The van der Waals surface area contributed by atoms with Gasteiger partial charge in [-0.05, 0) is 37.6 Å². The fourth-order valence-electron chi connectivity index (χ4n) is 2.85. The van der Waals surface area contributed by atoms with Crippen molar-refractivity contribution in [3.8, 4) is 0 Å². The van der Waals surface area contributed by atoms with Gasteiger partial charge in [-0.2, -0.15) is 0 Å². The molecule has 0 spiro atoms. The molecule has 94 valence electrons. The van der Waals surface area contributed by atoms with E-state index in [4.69, 9.17) is 5.73 Å². The highest BCUT2D eigenvalue weighted by atomic mass is 79.9. The molecule has 1 fully saturated rings. The maximum Gasteiger partial charge on any atom is 0.0332 e. The standard InChI is InChI=1S/C14H21BrN2/c1-17(14(11-16)7-2-3-8-14)10-12-5-4-6-13(15)9-12/h4-6,9H,2-3,7-8,10-11,16H2,1H3. The Morgan fingerprint density at radius 2 is 2.06 bits per heavy atom. The number of hydrogen-bond acceptors (Lipinski definition) is 2. The predicted molar refractivity (Wildman–Crippen MR) is 75.9 cm³/mol. The molecule has 2 rings (SSSR count). The molecule has 0 unspecified atom stereocenters. The second kappa shape index (κ2) is 5.51. The molecule has 2 N–H and O–H groups in total. The van der Waals surface area contributed by atoms with Gasteiger partial charge in [0.25, 0.3) is 0 Å². The van der Waals surface area contributed by atoms with Gasteiger partial charge < -0.3 is 5.73 Å². The minimum absolute atomic E-state index is 0.238. The Morgan fingerprint density at radius 3 is 2.65 bits per heavy atom. The summed E-state index contributed by atoms with van der Waals surface area (Å²) in [6, 6.07) is 8.53. The summed E-state index contributed by atoms with van der Waals surface area (Å²) in [5, 5.41) is 0. The molecule has 1 aliphatic carbocycles. The number of hydrogen-bond donors (Lipinski definition) is 1. The molecule has 1 aromatic carbocycles. The van der Waals surface area contributed by atoms with Gasteiger partial charge in [-0.1, -0.05) is 40.9 Å². The van der Waals surface area contributed by atoms with Crippen LogP contribution in [0.4, 0.5) is 0 Å². The smallest absolute Gasteiger partial charge is 0.0332 e. The molecule has 0 bridgehead atoms. The van der Waals surface area contributed by atoms with Crippen molar-refractivity contribution in [3.05, 3.63) is 34.3 Å². The Hall–Kier alpha value is -0.380. The zero-order chi connectivity index (χ0) is 12.3. The molecule has 0 radical (unpaired) electrons. The molecule has 0 heterocycles. The van der Waals surface area contributed by atoms with Gasteiger partial charge >= 0.3 is 0 Å². The summed E-state index contributed by atoms with van der Waals surface area (Å²) in [5.74, 6) is 0. The van der Waals surface area contributed by atoms with E-state index in [2.05, 4.69) is 52.1 Å². The number of likely N-dealkylation sites (N-methyl/N-ethyl adjacent to an activating group) is 1. The summed E-state index contributed by atoms with van der Waals surface area (Å²) < 4.78 is 1.15. The fourth-order valence-corrected chi connectivity index (χ4v) is 3.30. The van der Waals surface area contributed by atoms with E-state index in [1.807, 2.05) is 0 Å². The van der Waals surface area contributed by atoms with Crippen LogP contribution in [0.2, 0.25) is 0 Å². The molecule has 2 nitrogen and oxygen atoms in total. The van der Waals surface area contributed by atoms with Crippen molar-refractivity contribution in [2.75, 3.05) is 13.6 Å². The highest BCUT2D eigenvalue weighted by molar-refractivity contribution is 9.10. The molecule has 17 heavy (non-hydrogen) atoms. The summed E-state index contributed by atoms with van der Waals surface area (Å²) in [6.07, 6.45) is 5.13. The van der Waals surface area contributed by atoms with Crippen LogP contribution in [0.3, 0.4) is 0 Å².